The van der Waals surface area contributed by atoms with E-state index in [1.165, 1.54) is 0 Å². The molecule has 1 unspecified atom stereocenters. The van der Waals surface area contributed by atoms with Gasteiger partial charge in [0.1, 0.15) is 0 Å². The van der Waals surface area contributed by atoms with Gasteiger partial charge in [-0.15, -0.1) is 0 Å². The fourth-order valence-electron chi connectivity index (χ4n) is 3.10. The molecule has 2 aromatic rings. The van der Waals surface area contributed by atoms with Crippen molar-refractivity contribution in [2.75, 3.05) is 16.0 Å². The Balaban J connectivity index is 1.49. The van der Waals surface area contributed by atoms with E-state index in [1.54, 1.807) is 24.3 Å². The van der Waals surface area contributed by atoms with E-state index in [0.717, 1.165) is 11.3 Å². The second kappa shape index (κ2) is 8.69. The zero-order valence-electron chi connectivity index (χ0n) is 16.1. The molecule has 1 atom stereocenters. The normalized spacial score (nSPS) is 15.5. The first kappa shape index (κ1) is 19.6. The molecule has 146 valence electrons. The number of hydrogen-bond donors (Lipinski definition) is 3. The molecule has 2 aromatic carbocycles. The van der Waals surface area contributed by atoms with E-state index in [4.69, 9.17) is 0 Å². The first-order valence-electron chi connectivity index (χ1n) is 9.52. The van der Waals surface area contributed by atoms with Crippen LogP contribution in [0.1, 0.15) is 32.3 Å². The molecule has 0 saturated heterocycles. The summed E-state index contributed by atoms with van der Waals surface area (Å²) in [5.41, 5.74) is 3.31. The zero-order chi connectivity index (χ0) is 20.1. The summed E-state index contributed by atoms with van der Waals surface area (Å²) in [6.07, 6.45) is 1.42. The molecule has 0 radical (unpaired) electrons. The van der Waals surface area contributed by atoms with Crippen LogP contribution in [0.25, 0.3) is 0 Å². The number of rotatable bonds is 6. The molecule has 0 aromatic heterocycles. The van der Waals surface area contributed by atoms with Gasteiger partial charge in [-0.1, -0.05) is 32.0 Å². The van der Waals surface area contributed by atoms with E-state index in [-0.39, 0.29) is 36.0 Å². The highest BCUT2D eigenvalue weighted by Crippen LogP contribution is 2.27. The van der Waals surface area contributed by atoms with Crippen LogP contribution in [0.15, 0.2) is 48.5 Å². The Morgan fingerprint density at radius 2 is 1.68 bits per heavy atom. The minimum Gasteiger partial charge on any atom is -0.326 e. The van der Waals surface area contributed by atoms with Crippen LogP contribution in [0.4, 0.5) is 17.1 Å². The summed E-state index contributed by atoms with van der Waals surface area (Å²) in [4.78, 5) is 36.2. The van der Waals surface area contributed by atoms with Crippen molar-refractivity contribution in [1.29, 1.82) is 0 Å². The second-order valence-corrected chi connectivity index (χ2v) is 7.36. The maximum atomic E-state index is 12.2. The van der Waals surface area contributed by atoms with Gasteiger partial charge in [-0.05, 0) is 48.7 Å². The first-order chi connectivity index (χ1) is 13.4. The molecule has 1 aliphatic rings. The van der Waals surface area contributed by atoms with Crippen molar-refractivity contribution in [3.8, 4) is 0 Å². The lowest BCUT2D eigenvalue weighted by Crippen LogP contribution is -2.30. The molecule has 0 fully saturated rings. The minimum absolute atomic E-state index is 0.0308. The molecule has 6 heteroatoms. The van der Waals surface area contributed by atoms with E-state index >= 15 is 0 Å². The highest BCUT2D eigenvalue weighted by Gasteiger charge is 2.26. The van der Waals surface area contributed by atoms with Crippen molar-refractivity contribution in [2.24, 2.45) is 11.8 Å². The summed E-state index contributed by atoms with van der Waals surface area (Å²) >= 11 is 0. The van der Waals surface area contributed by atoms with E-state index in [0.29, 0.717) is 24.2 Å². The molecule has 0 bridgehead atoms. The van der Waals surface area contributed by atoms with E-state index in [9.17, 15) is 14.4 Å². The molecule has 28 heavy (non-hydrogen) atoms. The van der Waals surface area contributed by atoms with Crippen molar-refractivity contribution < 1.29 is 14.4 Å². The monoisotopic (exact) mass is 379 g/mol. The summed E-state index contributed by atoms with van der Waals surface area (Å²) in [5.74, 6) is -0.510. The quantitative estimate of drug-likeness (QED) is 0.713. The third-order valence-corrected chi connectivity index (χ3v) is 4.79. The molecular weight excluding hydrogens is 354 g/mol. The Hall–Kier alpha value is -3.15. The molecule has 3 amide bonds. The zero-order valence-corrected chi connectivity index (χ0v) is 16.1. The van der Waals surface area contributed by atoms with Gasteiger partial charge in [0, 0.05) is 35.3 Å². The largest absolute Gasteiger partial charge is 0.326 e. The Bertz CT molecular complexity index is 875. The third-order valence-electron chi connectivity index (χ3n) is 4.79. The van der Waals surface area contributed by atoms with Gasteiger partial charge >= 0.3 is 0 Å². The van der Waals surface area contributed by atoms with Gasteiger partial charge in [0.25, 0.3) is 0 Å². The molecule has 0 aliphatic carbocycles. The summed E-state index contributed by atoms with van der Waals surface area (Å²) in [7, 11) is 0. The lowest BCUT2D eigenvalue weighted by atomic mass is 9.89. The van der Waals surface area contributed by atoms with Crippen LogP contribution in [0.5, 0.6) is 0 Å². The molecule has 1 heterocycles. The summed E-state index contributed by atoms with van der Waals surface area (Å²) in [6.45, 7) is 3.66. The third kappa shape index (κ3) is 4.97. The fourth-order valence-corrected chi connectivity index (χ4v) is 3.10. The number of para-hydroxylation sites is 1. The number of carbonyl (C=O) groups excluding carboxylic acids is 3. The van der Waals surface area contributed by atoms with Gasteiger partial charge in [0.15, 0.2) is 0 Å². The fraction of sp³-hybridized carbons (Fsp3) is 0.318. The van der Waals surface area contributed by atoms with Gasteiger partial charge in [0.05, 0.1) is 0 Å². The van der Waals surface area contributed by atoms with Gasteiger partial charge < -0.3 is 16.0 Å². The number of carbonyl (C=O) groups is 3. The van der Waals surface area contributed by atoms with Gasteiger partial charge in [-0.2, -0.15) is 0 Å². The van der Waals surface area contributed by atoms with Crippen LogP contribution in [0, 0.1) is 11.8 Å². The minimum atomic E-state index is -0.200. The van der Waals surface area contributed by atoms with Crippen molar-refractivity contribution in [3.05, 3.63) is 54.1 Å². The molecule has 0 saturated carbocycles. The predicted molar refractivity (Wildman–Crippen MR) is 110 cm³/mol. The summed E-state index contributed by atoms with van der Waals surface area (Å²) in [6, 6.07) is 14.7. The number of anilines is 3. The SMILES string of the molecule is CC(C)C(=O)Nc1ccc(NC(=O)CCC2Cc3ccccc3NC2=O)cc1. The smallest absolute Gasteiger partial charge is 0.227 e. The lowest BCUT2D eigenvalue weighted by Gasteiger charge is -2.24. The van der Waals surface area contributed by atoms with Crippen LogP contribution in [-0.2, 0) is 20.8 Å². The number of benzene rings is 2. The van der Waals surface area contributed by atoms with Crippen molar-refractivity contribution in [3.63, 3.8) is 0 Å². The number of amides is 3. The van der Waals surface area contributed by atoms with Crippen LogP contribution in [-0.4, -0.2) is 17.7 Å². The molecule has 6 nitrogen and oxygen atoms in total. The number of fused-ring (bicyclic) bond motifs is 1. The average molecular weight is 379 g/mol. The van der Waals surface area contributed by atoms with Crippen molar-refractivity contribution in [2.45, 2.75) is 33.1 Å². The highest BCUT2D eigenvalue weighted by molar-refractivity contribution is 5.97. The maximum absolute atomic E-state index is 12.2. The molecule has 0 spiro atoms. The maximum Gasteiger partial charge on any atom is 0.227 e. The van der Waals surface area contributed by atoms with Gasteiger partial charge in [-0.3, -0.25) is 14.4 Å². The van der Waals surface area contributed by atoms with Crippen molar-refractivity contribution >= 4 is 34.8 Å². The topological polar surface area (TPSA) is 87.3 Å². The number of nitrogens with one attached hydrogen (secondary N) is 3. The van der Waals surface area contributed by atoms with Gasteiger partial charge in [0.2, 0.25) is 17.7 Å². The second-order valence-electron chi connectivity index (χ2n) is 7.36. The van der Waals surface area contributed by atoms with E-state index < -0.39 is 0 Å². The van der Waals surface area contributed by atoms with E-state index in [1.807, 2.05) is 38.1 Å². The standard InChI is InChI=1S/C22H25N3O3/c1-14(2)21(27)24-18-10-8-17(9-11-18)23-20(26)12-7-16-13-15-5-3-4-6-19(15)25-22(16)28/h3-6,8-11,14,16H,7,12-13H2,1-2H3,(H,23,26)(H,24,27)(H,25,28). The van der Waals surface area contributed by atoms with Crippen LogP contribution >= 0.6 is 0 Å². The first-order valence-corrected chi connectivity index (χ1v) is 9.52. The van der Waals surface area contributed by atoms with Crippen LogP contribution in [0.3, 0.4) is 0 Å². The molecule has 3 rings (SSSR count). The Kier molecular flexibility index (Phi) is 6.09. The Labute approximate surface area is 164 Å². The average Bonchev–Trinajstić information content (AvgIpc) is 2.67. The highest BCUT2D eigenvalue weighted by atomic mass is 16.2. The summed E-state index contributed by atoms with van der Waals surface area (Å²) < 4.78 is 0. The molecular formula is C22H25N3O3. The van der Waals surface area contributed by atoms with Crippen molar-refractivity contribution in [1.82, 2.24) is 0 Å². The van der Waals surface area contributed by atoms with Crippen LogP contribution < -0.4 is 16.0 Å². The molecule has 3 N–H and O–H groups in total. The summed E-state index contributed by atoms with van der Waals surface area (Å²) in [5, 5.41) is 8.55. The van der Waals surface area contributed by atoms with Crippen LogP contribution in [0.2, 0.25) is 0 Å². The van der Waals surface area contributed by atoms with E-state index in [2.05, 4.69) is 16.0 Å². The van der Waals surface area contributed by atoms with Gasteiger partial charge in [-0.25, -0.2) is 0 Å². The predicted octanol–water partition coefficient (Wildman–Crippen LogP) is 3.81. The lowest BCUT2D eigenvalue weighted by molar-refractivity contribution is -0.121. The molecule has 1 aliphatic heterocycles. The number of hydrogen-bond acceptors (Lipinski definition) is 3. The Morgan fingerprint density at radius 1 is 1.04 bits per heavy atom. The Morgan fingerprint density at radius 3 is 2.36 bits per heavy atom.